The number of rotatable bonds is 9. The normalized spacial score (nSPS) is 10.5. The van der Waals surface area contributed by atoms with Crippen LogP contribution in [0.4, 0.5) is 5.69 Å². The van der Waals surface area contributed by atoms with Gasteiger partial charge in [0.15, 0.2) is 0 Å². The maximum atomic E-state index is 12.2. The molecule has 0 radical (unpaired) electrons. The van der Waals surface area contributed by atoms with Gasteiger partial charge in [0.25, 0.3) is 0 Å². The number of carbonyl (C=O) groups excluding carboxylic acids is 1. The zero-order valence-electron chi connectivity index (χ0n) is 16.0. The minimum absolute atomic E-state index is 0.139. The molecule has 27 heavy (non-hydrogen) atoms. The molecule has 1 N–H and O–H groups in total. The Balaban J connectivity index is 1.91. The predicted molar refractivity (Wildman–Crippen MR) is 109 cm³/mol. The number of benzene rings is 1. The average molecular weight is 384 g/mol. The molecule has 1 aromatic carbocycles. The molecule has 2 aromatic rings. The van der Waals surface area contributed by atoms with Crippen LogP contribution in [-0.2, 0) is 4.79 Å². The lowest BCUT2D eigenvalue weighted by molar-refractivity contribution is -0.113. The first-order chi connectivity index (χ1) is 13.0. The second kappa shape index (κ2) is 10.6. The smallest absolute Gasteiger partial charge is 0.234 e. The first-order valence-electron chi connectivity index (χ1n) is 9.10. The van der Waals surface area contributed by atoms with E-state index in [2.05, 4.69) is 23.3 Å². The number of pyridine rings is 1. The molecule has 6 heteroatoms. The average Bonchev–Trinajstić information content (AvgIpc) is 2.67. The first-order valence-corrected chi connectivity index (χ1v) is 10.1. The van der Waals surface area contributed by atoms with Crippen molar-refractivity contribution in [2.75, 3.05) is 17.7 Å². The van der Waals surface area contributed by atoms with E-state index in [1.165, 1.54) is 11.8 Å². The Morgan fingerprint density at radius 2 is 2.00 bits per heavy atom. The van der Waals surface area contributed by atoms with Crippen molar-refractivity contribution in [1.29, 1.82) is 5.26 Å². The van der Waals surface area contributed by atoms with Crippen LogP contribution in [0, 0.1) is 11.3 Å². The van der Waals surface area contributed by atoms with Crippen molar-refractivity contribution in [2.24, 2.45) is 0 Å². The van der Waals surface area contributed by atoms with E-state index in [0.29, 0.717) is 22.9 Å². The molecule has 1 aromatic heterocycles. The topological polar surface area (TPSA) is 75.0 Å². The molecule has 142 valence electrons. The second-order valence-electron chi connectivity index (χ2n) is 6.42. The molecular weight excluding hydrogens is 358 g/mol. The summed E-state index contributed by atoms with van der Waals surface area (Å²) in [6, 6.07) is 13.1. The van der Waals surface area contributed by atoms with Gasteiger partial charge in [-0.1, -0.05) is 39.0 Å². The standard InChI is InChI=1S/C21H25N3O2S/c1-4-5-12-26-18-9-7-17(8-10-18)23-20(25)14-27-21-16(13-22)6-11-19(24-21)15(2)3/h6-11,15H,4-5,12,14H2,1-3H3,(H,23,25). The lowest BCUT2D eigenvalue weighted by atomic mass is 10.1. The Kier molecular flexibility index (Phi) is 8.15. The van der Waals surface area contributed by atoms with Gasteiger partial charge < -0.3 is 10.1 Å². The number of ether oxygens (including phenoxy) is 1. The van der Waals surface area contributed by atoms with Crippen molar-refractivity contribution in [2.45, 2.75) is 44.6 Å². The number of carbonyl (C=O) groups is 1. The summed E-state index contributed by atoms with van der Waals surface area (Å²) in [5.74, 6) is 1.12. The van der Waals surface area contributed by atoms with Gasteiger partial charge in [-0.25, -0.2) is 4.98 Å². The van der Waals surface area contributed by atoms with E-state index in [4.69, 9.17) is 4.74 Å². The zero-order valence-corrected chi connectivity index (χ0v) is 16.8. The maximum Gasteiger partial charge on any atom is 0.234 e. The number of anilines is 1. The van der Waals surface area contributed by atoms with Crippen LogP contribution in [0.3, 0.4) is 0 Å². The van der Waals surface area contributed by atoms with E-state index < -0.39 is 0 Å². The van der Waals surface area contributed by atoms with Gasteiger partial charge in [0.05, 0.1) is 17.9 Å². The van der Waals surface area contributed by atoms with Gasteiger partial charge in [0, 0.05) is 11.4 Å². The van der Waals surface area contributed by atoms with Gasteiger partial charge in [0.2, 0.25) is 5.91 Å². The SMILES string of the molecule is CCCCOc1ccc(NC(=O)CSc2nc(C(C)C)ccc2C#N)cc1. The highest BCUT2D eigenvalue weighted by atomic mass is 32.2. The van der Waals surface area contributed by atoms with Crippen molar-refractivity contribution in [3.8, 4) is 11.8 Å². The van der Waals surface area contributed by atoms with Crippen molar-refractivity contribution >= 4 is 23.4 Å². The van der Waals surface area contributed by atoms with Crippen molar-refractivity contribution in [3.63, 3.8) is 0 Å². The summed E-state index contributed by atoms with van der Waals surface area (Å²) in [5.41, 5.74) is 2.12. The minimum atomic E-state index is -0.139. The molecule has 0 saturated heterocycles. The molecular formula is C21H25N3O2S. The fourth-order valence-corrected chi connectivity index (χ4v) is 3.05. The zero-order chi connectivity index (χ0) is 19.6. The Labute approximate surface area is 165 Å². The number of hydrogen-bond donors (Lipinski definition) is 1. The maximum absolute atomic E-state index is 12.2. The monoisotopic (exact) mass is 383 g/mol. The molecule has 0 fully saturated rings. The largest absolute Gasteiger partial charge is 0.494 e. The quantitative estimate of drug-likeness (QED) is 0.488. The molecule has 0 atom stereocenters. The summed E-state index contributed by atoms with van der Waals surface area (Å²) in [6.07, 6.45) is 2.11. The van der Waals surface area contributed by atoms with E-state index in [0.717, 1.165) is 24.3 Å². The lowest BCUT2D eigenvalue weighted by Gasteiger charge is -2.10. The fraction of sp³-hybridized carbons (Fsp3) is 0.381. The molecule has 1 amide bonds. The number of nitrogens with zero attached hydrogens (tertiary/aromatic N) is 2. The Morgan fingerprint density at radius 3 is 2.63 bits per heavy atom. The third-order valence-corrected chi connectivity index (χ3v) is 4.83. The Hall–Kier alpha value is -2.52. The lowest BCUT2D eigenvalue weighted by Crippen LogP contribution is -2.14. The molecule has 0 spiro atoms. The van der Waals surface area contributed by atoms with Crippen LogP contribution in [0.5, 0.6) is 5.75 Å². The number of thioether (sulfide) groups is 1. The molecule has 0 unspecified atom stereocenters. The minimum Gasteiger partial charge on any atom is -0.494 e. The van der Waals surface area contributed by atoms with Gasteiger partial charge in [-0.15, -0.1) is 0 Å². The number of nitriles is 1. The number of amides is 1. The van der Waals surface area contributed by atoms with Crippen LogP contribution >= 0.6 is 11.8 Å². The van der Waals surface area contributed by atoms with Crippen LogP contribution in [0.15, 0.2) is 41.4 Å². The first kappa shape index (κ1) is 20.8. The van der Waals surface area contributed by atoms with Crippen molar-refractivity contribution in [1.82, 2.24) is 4.98 Å². The number of unbranched alkanes of at least 4 members (excludes halogenated alkanes) is 1. The molecule has 0 bridgehead atoms. The van der Waals surface area contributed by atoms with E-state index in [1.807, 2.05) is 44.2 Å². The van der Waals surface area contributed by atoms with Gasteiger partial charge in [-0.3, -0.25) is 4.79 Å². The van der Waals surface area contributed by atoms with Crippen LogP contribution in [0.1, 0.15) is 50.8 Å². The van der Waals surface area contributed by atoms with Gasteiger partial charge >= 0.3 is 0 Å². The highest BCUT2D eigenvalue weighted by Gasteiger charge is 2.11. The molecule has 0 aliphatic carbocycles. The molecule has 0 aliphatic heterocycles. The molecule has 0 saturated carbocycles. The van der Waals surface area contributed by atoms with Crippen LogP contribution < -0.4 is 10.1 Å². The van der Waals surface area contributed by atoms with Gasteiger partial charge in [-0.05, 0) is 48.7 Å². The summed E-state index contributed by atoms with van der Waals surface area (Å²) >= 11 is 1.28. The number of nitrogens with one attached hydrogen (secondary N) is 1. The van der Waals surface area contributed by atoms with E-state index in [1.54, 1.807) is 6.07 Å². The van der Waals surface area contributed by atoms with Crippen LogP contribution in [-0.4, -0.2) is 23.3 Å². The number of hydrogen-bond acceptors (Lipinski definition) is 5. The predicted octanol–water partition coefficient (Wildman–Crippen LogP) is 4.99. The molecule has 5 nitrogen and oxygen atoms in total. The Bertz CT molecular complexity index is 798. The van der Waals surface area contributed by atoms with Crippen LogP contribution in [0.2, 0.25) is 0 Å². The van der Waals surface area contributed by atoms with E-state index in [9.17, 15) is 10.1 Å². The van der Waals surface area contributed by atoms with Crippen molar-refractivity contribution < 1.29 is 9.53 Å². The second-order valence-corrected chi connectivity index (χ2v) is 7.38. The highest BCUT2D eigenvalue weighted by Crippen LogP contribution is 2.24. The van der Waals surface area contributed by atoms with Gasteiger partial charge in [-0.2, -0.15) is 5.26 Å². The highest BCUT2D eigenvalue weighted by molar-refractivity contribution is 8.00. The summed E-state index contributed by atoms with van der Waals surface area (Å²) in [4.78, 5) is 16.7. The van der Waals surface area contributed by atoms with E-state index >= 15 is 0 Å². The van der Waals surface area contributed by atoms with Crippen molar-refractivity contribution in [3.05, 3.63) is 47.7 Å². The third-order valence-electron chi connectivity index (χ3n) is 3.84. The third kappa shape index (κ3) is 6.61. The summed E-state index contributed by atoms with van der Waals surface area (Å²) in [7, 11) is 0. The Morgan fingerprint density at radius 1 is 1.26 bits per heavy atom. The van der Waals surface area contributed by atoms with Gasteiger partial charge in [0.1, 0.15) is 16.8 Å². The molecule has 1 heterocycles. The molecule has 0 aliphatic rings. The summed E-state index contributed by atoms with van der Waals surface area (Å²) in [6.45, 7) is 6.91. The van der Waals surface area contributed by atoms with E-state index in [-0.39, 0.29) is 17.6 Å². The number of aromatic nitrogens is 1. The van der Waals surface area contributed by atoms with Crippen LogP contribution in [0.25, 0.3) is 0 Å². The fourth-order valence-electron chi connectivity index (χ4n) is 2.27. The summed E-state index contributed by atoms with van der Waals surface area (Å²) in [5, 5.41) is 12.7. The summed E-state index contributed by atoms with van der Waals surface area (Å²) < 4.78 is 5.61. The molecule has 2 rings (SSSR count).